The first-order valence-corrected chi connectivity index (χ1v) is 10.2. The van der Waals surface area contributed by atoms with Gasteiger partial charge in [-0.05, 0) is 25.8 Å². The van der Waals surface area contributed by atoms with Crippen molar-refractivity contribution in [3.8, 4) is 0 Å². The highest BCUT2D eigenvalue weighted by Crippen LogP contribution is 2.15. The highest BCUT2D eigenvalue weighted by molar-refractivity contribution is 5.66. The van der Waals surface area contributed by atoms with Gasteiger partial charge in [0.2, 0.25) is 0 Å². The molecule has 3 N–H and O–H groups in total. The average molecular weight is 344 g/mol. The van der Waals surface area contributed by atoms with Crippen molar-refractivity contribution >= 4 is 5.97 Å². The van der Waals surface area contributed by atoms with Crippen molar-refractivity contribution in [3.05, 3.63) is 0 Å². The smallest absolute Gasteiger partial charge is 0.303 e. The fourth-order valence-electron chi connectivity index (χ4n) is 3.20. The number of likely N-dealkylation sites (N-methyl/N-ethyl adjacent to an activating group) is 1. The van der Waals surface area contributed by atoms with Gasteiger partial charge in [0.15, 0.2) is 0 Å². The Morgan fingerprint density at radius 3 is 1.96 bits per heavy atom. The van der Waals surface area contributed by atoms with Gasteiger partial charge in [0.05, 0.1) is 6.10 Å². The summed E-state index contributed by atoms with van der Waals surface area (Å²) in [6, 6.07) is 0.230. The van der Waals surface area contributed by atoms with Gasteiger partial charge in [0.1, 0.15) is 0 Å². The molecule has 0 radical (unpaired) electrons. The lowest BCUT2D eigenvalue weighted by Gasteiger charge is -2.24. The van der Waals surface area contributed by atoms with Gasteiger partial charge in [0.25, 0.3) is 0 Å². The standard InChI is InChI=1S/C20H41NO3/c1-3-5-6-7-9-12-15-18(21-4-2)19(22)16-13-10-8-11-14-17-20(23)24/h18-19,21-22H,3-17H2,1-2H3,(H,23,24). The molecule has 144 valence electrons. The highest BCUT2D eigenvalue weighted by Gasteiger charge is 2.17. The summed E-state index contributed by atoms with van der Waals surface area (Å²) in [7, 11) is 0. The quantitative estimate of drug-likeness (QED) is 0.310. The van der Waals surface area contributed by atoms with Crippen LogP contribution in [0.1, 0.15) is 104 Å². The Hall–Kier alpha value is -0.610. The van der Waals surface area contributed by atoms with Gasteiger partial charge in [-0.25, -0.2) is 0 Å². The first-order chi connectivity index (χ1) is 11.6. The van der Waals surface area contributed by atoms with Gasteiger partial charge in [0, 0.05) is 12.5 Å². The molecule has 0 fully saturated rings. The second kappa shape index (κ2) is 17.2. The maximum Gasteiger partial charge on any atom is 0.303 e. The van der Waals surface area contributed by atoms with Gasteiger partial charge < -0.3 is 15.5 Å². The van der Waals surface area contributed by atoms with E-state index in [0.717, 1.165) is 51.5 Å². The lowest BCUT2D eigenvalue weighted by Crippen LogP contribution is -2.39. The number of aliphatic hydroxyl groups excluding tert-OH is 1. The molecular weight excluding hydrogens is 302 g/mol. The molecule has 0 saturated carbocycles. The lowest BCUT2D eigenvalue weighted by atomic mass is 9.97. The van der Waals surface area contributed by atoms with E-state index in [1.54, 1.807) is 0 Å². The molecule has 2 atom stereocenters. The van der Waals surface area contributed by atoms with Crippen LogP contribution in [0.4, 0.5) is 0 Å². The maximum atomic E-state index is 10.4. The minimum absolute atomic E-state index is 0.230. The number of aliphatic carboxylic acids is 1. The number of hydrogen-bond donors (Lipinski definition) is 3. The van der Waals surface area contributed by atoms with E-state index in [-0.39, 0.29) is 18.6 Å². The van der Waals surface area contributed by atoms with Crippen LogP contribution in [0.3, 0.4) is 0 Å². The number of hydrogen-bond acceptors (Lipinski definition) is 3. The molecule has 4 nitrogen and oxygen atoms in total. The van der Waals surface area contributed by atoms with Crippen LogP contribution in [0.25, 0.3) is 0 Å². The third kappa shape index (κ3) is 14.9. The molecule has 2 unspecified atom stereocenters. The zero-order chi connectivity index (χ0) is 18.0. The summed E-state index contributed by atoms with van der Waals surface area (Å²) in [6.07, 6.45) is 14.7. The fourth-order valence-corrected chi connectivity index (χ4v) is 3.20. The number of nitrogens with one attached hydrogen (secondary N) is 1. The molecule has 0 aliphatic heterocycles. The Balaban J connectivity index is 3.70. The molecule has 0 aromatic carbocycles. The Labute approximate surface area is 149 Å². The van der Waals surface area contributed by atoms with Crippen LogP contribution in [0.15, 0.2) is 0 Å². The molecule has 0 bridgehead atoms. The second-order valence-corrected chi connectivity index (χ2v) is 6.99. The van der Waals surface area contributed by atoms with Gasteiger partial charge in [-0.2, -0.15) is 0 Å². The van der Waals surface area contributed by atoms with Crippen molar-refractivity contribution in [2.45, 2.75) is 116 Å². The maximum absolute atomic E-state index is 10.4. The second-order valence-electron chi connectivity index (χ2n) is 6.99. The number of carboxylic acids is 1. The molecule has 0 aromatic rings. The van der Waals surface area contributed by atoms with E-state index in [2.05, 4.69) is 19.2 Å². The summed E-state index contributed by atoms with van der Waals surface area (Å²) in [6.45, 7) is 5.25. The van der Waals surface area contributed by atoms with Gasteiger partial charge in [-0.15, -0.1) is 0 Å². The molecule has 0 amide bonds. The van der Waals surface area contributed by atoms with E-state index in [1.807, 2.05) is 0 Å². The minimum atomic E-state index is -0.700. The van der Waals surface area contributed by atoms with Crippen molar-refractivity contribution in [2.75, 3.05) is 6.54 Å². The number of aliphatic hydroxyl groups is 1. The Bertz CT molecular complexity index is 284. The topological polar surface area (TPSA) is 69.6 Å². The van der Waals surface area contributed by atoms with E-state index in [4.69, 9.17) is 5.11 Å². The van der Waals surface area contributed by atoms with E-state index >= 15 is 0 Å². The summed E-state index contributed by atoms with van der Waals surface area (Å²) in [4.78, 5) is 10.4. The van der Waals surface area contributed by atoms with E-state index in [9.17, 15) is 9.90 Å². The van der Waals surface area contributed by atoms with E-state index in [1.165, 1.54) is 38.5 Å². The summed E-state index contributed by atoms with van der Waals surface area (Å²) in [5.41, 5.74) is 0. The molecule has 0 saturated heterocycles. The molecule has 0 spiro atoms. The highest BCUT2D eigenvalue weighted by atomic mass is 16.4. The normalized spacial score (nSPS) is 13.8. The third-order valence-electron chi connectivity index (χ3n) is 4.69. The molecular formula is C20H41NO3. The largest absolute Gasteiger partial charge is 0.481 e. The van der Waals surface area contributed by atoms with Crippen LogP contribution in [0, 0.1) is 0 Å². The molecule has 4 heteroatoms. The molecule has 24 heavy (non-hydrogen) atoms. The SMILES string of the molecule is CCCCCCCCC(NCC)C(O)CCCCCCCC(=O)O. The number of carboxylic acid groups (broad SMARTS) is 1. The van der Waals surface area contributed by atoms with Gasteiger partial charge >= 0.3 is 5.97 Å². The van der Waals surface area contributed by atoms with E-state index < -0.39 is 5.97 Å². The van der Waals surface area contributed by atoms with Crippen LogP contribution in [0.2, 0.25) is 0 Å². The summed E-state index contributed by atoms with van der Waals surface area (Å²) in [5.74, 6) is -0.700. The number of carbonyl (C=O) groups is 1. The van der Waals surface area contributed by atoms with Crippen LogP contribution in [-0.4, -0.2) is 34.9 Å². The number of rotatable bonds is 18. The van der Waals surface area contributed by atoms with Crippen LogP contribution < -0.4 is 5.32 Å². The van der Waals surface area contributed by atoms with E-state index in [0.29, 0.717) is 0 Å². The third-order valence-corrected chi connectivity index (χ3v) is 4.69. The fraction of sp³-hybridized carbons (Fsp3) is 0.950. The Morgan fingerprint density at radius 2 is 1.38 bits per heavy atom. The first kappa shape index (κ1) is 23.4. The summed E-state index contributed by atoms with van der Waals surface area (Å²) < 4.78 is 0. The molecule has 0 heterocycles. The van der Waals surface area contributed by atoms with Crippen LogP contribution in [0.5, 0.6) is 0 Å². The van der Waals surface area contributed by atoms with Gasteiger partial charge in [-0.3, -0.25) is 4.79 Å². The Kier molecular flexibility index (Phi) is 16.8. The molecule has 0 aromatic heterocycles. The monoisotopic (exact) mass is 343 g/mol. The molecule has 0 rings (SSSR count). The van der Waals surface area contributed by atoms with Crippen molar-refractivity contribution in [2.24, 2.45) is 0 Å². The average Bonchev–Trinajstić information content (AvgIpc) is 2.55. The summed E-state index contributed by atoms with van der Waals surface area (Å²) >= 11 is 0. The Morgan fingerprint density at radius 1 is 0.833 bits per heavy atom. The zero-order valence-corrected chi connectivity index (χ0v) is 16.1. The molecule has 0 aliphatic carbocycles. The van der Waals surface area contributed by atoms with Crippen molar-refractivity contribution in [3.63, 3.8) is 0 Å². The molecule has 0 aliphatic rings. The van der Waals surface area contributed by atoms with Crippen LogP contribution >= 0.6 is 0 Å². The minimum Gasteiger partial charge on any atom is -0.481 e. The first-order valence-electron chi connectivity index (χ1n) is 10.2. The predicted octanol–water partition coefficient (Wildman–Crippen LogP) is 4.89. The van der Waals surface area contributed by atoms with Crippen molar-refractivity contribution in [1.29, 1.82) is 0 Å². The van der Waals surface area contributed by atoms with Crippen LogP contribution in [-0.2, 0) is 4.79 Å². The zero-order valence-electron chi connectivity index (χ0n) is 16.1. The summed E-state index contributed by atoms with van der Waals surface area (Å²) in [5, 5.41) is 22.5. The van der Waals surface area contributed by atoms with Gasteiger partial charge in [-0.1, -0.05) is 78.1 Å². The number of unbranched alkanes of at least 4 members (excludes halogenated alkanes) is 9. The van der Waals surface area contributed by atoms with Crippen molar-refractivity contribution < 1.29 is 15.0 Å². The predicted molar refractivity (Wildman–Crippen MR) is 101 cm³/mol. The van der Waals surface area contributed by atoms with Crippen molar-refractivity contribution in [1.82, 2.24) is 5.32 Å². The lowest BCUT2D eigenvalue weighted by molar-refractivity contribution is -0.137.